The first-order chi connectivity index (χ1) is 9.19. The van der Waals surface area contributed by atoms with Crippen molar-refractivity contribution in [1.29, 1.82) is 0 Å². The highest BCUT2D eigenvalue weighted by Crippen LogP contribution is 2.13. The molecule has 0 aliphatic carbocycles. The van der Waals surface area contributed by atoms with Gasteiger partial charge in [0.05, 0.1) is 5.33 Å². The molecule has 0 saturated carbocycles. The number of nitrogens with one attached hydrogen (secondary N) is 2. The van der Waals surface area contributed by atoms with E-state index in [-0.39, 0.29) is 11.8 Å². The lowest BCUT2D eigenvalue weighted by molar-refractivity contribution is -0.133. The smallest absolute Gasteiger partial charge is 0.230 e. The molecule has 1 heterocycles. The van der Waals surface area contributed by atoms with E-state index in [0.29, 0.717) is 24.3 Å². The van der Waals surface area contributed by atoms with Crippen LogP contribution in [0.25, 0.3) is 0 Å². The molecular weight excluding hydrogens is 310 g/mol. The van der Waals surface area contributed by atoms with Gasteiger partial charge in [0.2, 0.25) is 11.8 Å². The second-order valence-electron chi connectivity index (χ2n) is 4.76. The van der Waals surface area contributed by atoms with Crippen LogP contribution in [0.1, 0.15) is 32.6 Å². The van der Waals surface area contributed by atoms with Crippen molar-refractivity contribution in [3.63, 3.8) is 0 Å². The maximum Gasteiger partial charge on any atom is 0.230 e. The Morgan fingerprint density at radius 2 is 2.05 bits per heavy atom. The molecule has 0 aromatic rings. The number of carbonyl (C=O) groups excluding carboxylic acids is 2. The molecular formula is C13H24BrN3O2. The van der Waals surface area contributed by atoms with Gasteiger partial charge in [-0.25, -0.2) is 0 Å². The van der Waals surface area contributed by atoms with Crippen molar-refractivity contribution in [2.75, 3.05) is 31.5 Å². The number of rotatable bonds is 7. The average Bonchev–Trinajstić information content (AvgIpc) is 2.47. The van der Waals surface area contributed by atoms with E-state index < -0.39 is 0 Å². The zero-order valence-electron chi connectivity index (χ0n) is 11.6. The van der Waals surface area contributed by atoms with Gasteiger partial charge in [-0.3, -0.25) is 9.59 Å². The van der Waals surface area contributed by atoms with Crippen LogP contribution < -0.4 is 10.6 Å². The van der Waals surface area contributed by atoms with Gasteiger partial charge in [0.25, 0.3) is 0 Å². The molecule has 0 aromatic heterocycles. The Balaban J connectivity index is 2.37. The Morgan fingerprint density at radius 3 is 2.63 bits per heavy atom. The van der Waals surface area contributed by atoms with E-state index in [1.54, 1.807) is 0 Å². The van der Waals surface area contributed by atoms with Gasteiger partial charge in [0, 0.05) is 25.6 Å². The lowest BCUT2D eigenvalue weighted by Crippen LogP contribution is -2.46. The van der Waals surface area contributed by atoms with Crippen molar-refractivity contribution < 1.29 is 9.59 Å². The summed E-state index contributed by atoms with van der Waals surface area (Å²) in [6, 6.07) is 0.362. The third-order valence-corrected chi connectivity index (χ3v) is 3.90. The number of halogens is 1. The molecule has 0 bridgehead atoms. The summed E-state index contributed by atoms with van der Waals surface area (Å²) in [6.07, 6.45) is 3.42. The van der Waals surface area contributed by atoms with Crippen molar-refractivity contribution in [2.45, 2.75) is 38.6 Å². The van der Waals surface area contributed by atoms with Gasteiger partial charge < -0.3 is 15.5 Å². The quantitative estimate of drug-likeness (QED) is 0.537. The van der Waals surface area contributed by atoms with Gasteiger partial charge in [-0.1, -0.05) is 22.9 Å². The third-order valence-electron chi connectivity index (χ3n) is 3.39. The number of alkyl halides is 1. The third kappa shape index (κ3) is 5.91. The zero-order chi connectivity index (χ0) is 14.1. The summed E-state index contributed by atoms with van der Waals surface area (Å²) >= 11 is 3.11. The highest BCUT2D eigenvalue weighted by Gasteiger charge is 2.23. The van der Waals surface area contributed by atoms with Gasteiger partial charge in [0.15, 0.2) is 0 Å². The lowest BCUT2D eigenvalue weighted by Gasteiger charge is -2.34. The summed E-state index contributed by atoms with van der Waals surface area (Å²) in [6.45, 7) is 5.24. The summed E-state index contributed by atoms with van der Waals surface area (Å²) < 4.78 is 0. The molecule has 0 spiro atoms. The molecule has 1 fully saturated rings. The molecule has 110 valence electrons. The Bertz CT molecular complexity index is 294. The Morgan fingerprint density at radius 1 is 1.37 bits per heavy atom. The van der Waals surface area contributed by atoms with Crippen LogP contribution >= 0.6 is 15.9 Å². The fourth-order valence-corrected chi connectivity index (χ4v) is 2.56. The van der Waals surface area contributed by atoms with Crippen LogP contribution in [0.3, 0.4) is 0 Å². The molecule has 1 rings (SSSR count). The van der Waals surface area contributed by atoms with Crippen LogP contribution in [0.5, 0.6) is 0 Å². The van der Waals surface area contributed by atoms with Gasteiger partial charge in [-0.15, -0.1) is 0 Å². The van der Waals surface area contributed by atoms with Crippen LogP contribution in [0.2, 0.25) is 0 Å². The summed E-state index contributed by atoms with van der Waals surface area (Å²) in [5.41, 5.74) is 0. The predicted octanol–water partition coefficient (Wildman–Crippen LogP) is 0.878. The minimum absolute atomic E-state index is 0.00441. The molecule has 6 heteroatoms. The van der Waals surface area contributed by atoms with E-state index in [9.17, 15) is 9.59 Å². The molecule has 1 aliphatic heterocycles. The molecule has 1 aliphatic rings. The Kier molecular flexibility index (Phi) is 8.05. The SMILES string of the molecule is CCC(=O)N(CCCNC(=O)CBr)C1CCNCC1. The van der Waals surface area contributed by atoms with Crippen molar-refractivity contribution >= 4 is 27.7 Å². The summed E-state index contributed by atoms with van der Waals surface area (Å²) in [5, 5.41) is 6.46. The molecule has 0 radical (unpaired) electrons. The summed E-state index contributed by atoms with van der Waals surface area (Å²) in [5.74, 6) is 0.217. The average molecular weight is 334 g/mol. The molecule has 1 saturated heterocycles. The summed E-state index contributed by atoms with van der Waals surface area (Å²) in [4.78, 5) is 25.1. The van der Waals surface area contributed by atoms with Crippen LogP contribution in [0.15, 0.2) is 0 Å². The first kappa shape index (κ1) is 16.4. The number of nitrogens with zero attached hydrogens (tertiary/aromatic N) is 1. The van der Waals surface area contributed by atoms with Crippen LogP contribution in [-0.2, 0) is 9.59 Å². The number of hydrogen-bond acceptors (Lipinski definition) is 3. The largest absolute Gasteiger partial charge is 0.355 e. The zero-order valence-corrected chi connectivity index (χ0v) is 13.2. The van der Waals surface area contributed by atoms with Crippen molar-refractivity contribution in [1.82, 2.24) is 15.5 Å². The summed E-state index contributed by atoms with van der Waals surface area (Å²) in [7, 11) is 0. The Hall–Kier alpha value is -0.620. The molecule has 0 aromatic carbocycles. The fourth-order valence-electron chi connectivity index (χ4n) is 2.36. The number of carbonyl (C=O) groups is 2. The van der Waals surface area contributed by atoms with E-state index in [2.05, 4.69) is 26.6 Å². The first-order valence-electron chi connectivity index (χ1n) is 7.01. The second kappa shape index (κ2) is 9.31. The standard InChI is InChI=1S/C13H24BrN3O2/c1-2-13(19)17(11-4-7-15-8-5-11)9-3-6-16-12(18)10-14/h11,15H,2-10H2,1H3,(H,16,18). The minimum Gasteiger partial charge on any atom is -0.355 e. The topological polar surface area (TPSA) is 61.4 Å². The van der Waals surface area contributed by atoms with Crippen LogP contribution in [-0.4, -0.2) is 54.3 Å². The fraction of sp³-hybridized carbons (Fsp3) is 0.846. The van der Waals surface area contributed by atoms with Crippen molar-refractivity contribution in [2.24, 2.45) is 0 Å². The number of hydrogen-bond donors (Lipinski definition) is 2. The highest BCUT2D eigenvalue weighted by molar-refractivity contribution is 9.09. The van der Waals surface area contributed by atoms with Crippen LogP contribution in [0.4, 0.5) is 0 Å². The van der Waals surface area contributed by atoms with E-state index in [4.69, 9.17) is 0 Å². The molecule has 0 unspecified atom stereocenters. The maximum atomic E-state index is 12.0. The molecule has 19 heavy (non-hydrogen) atoms. The van der Waals surface area contributed by atoms with Gasteiger partial charge in [-0.2, -0.15) is 0 Å². The molecule has 2 N–H and O–H groups in total. The van der Waals surface area contributed by atoms with Gasteiger partial charge in [0.1, 0.15) is 0 Å². The van der Waals surface area contributed by atoms with Crippen molar-refractivity contribution in [3.05, 3.63) is 0 Å². The van der Waals surface area contributed by atoms with E-state index in [1.165, 1.54) is 0 Å². The van der Waals surface area contributed by atoms with Crippen LogP contribution in [0, 0.1) is 0 Å². The van der Waals surface area contributed by atoms with E-state index in [1.807, 2.05) is 11.8 Å². The van der Waals surface area contributed by atoms with E-state index in [0.717, 1.165) is 38.9 Å². The first-order valence-corrected chi connectivity index (χ1v) is 8.14. The van der Waals surface area contributed by atoms with Gasteiger partial charge >= 0.3 is 0 Å². The maximum absolute atomic E-state index is 12.0. The molecule has 0 atom stereocenters. The highest BCUT2D eigenvalue weighted by atomic mass is 79.9. The monoisotopic (exact) mass is 333 g/mol. The molecule has 2 amide bonds. The molecule has 5 nitrogen and oxygen atoms in total. The minimum atomic E-state index is -0.00441. The second-order valence-corrected chi connectivity index (χ2v) is 5.32. The number of piperidine rings is 1. The van der Waals surface area contributed by atoms with E-state index >= 15 is 0 Å². The lowest BCUT2D eigenvalue weighted by atomic mass is 10.0. The van der Waals surface area contributed by atoms with Gasteiger partial charge in [-0.05, 0) is 32.4 Å². The number of amides is 2. The Labute approximate surface area is 123 Å². The normalized spacial score (nSPS) is 16.1. The predicted molar refractivity (Wildman–Crippen MR) is 79.3 cm³/mol. The van der Waals surface area contributed by atoms with Crippen molar-refractivity contribution in [3.8, 4) is 0 Å².